The van der Waals surface area contributed by atoms with E-state index in [1.54, 1.807) is 19.4 Å². The number of hydrogen-bond acceptors (Lipinski definition) is 5. The van der Waals surface area contributed by atoms with E-state index in [1.807, 2.05) is 60.7 Å². The van der Waals surface area contributed by atoms with Gasteiger partial charge < -0.3 is 9.26 Å². The van der Waals surface area contributed by atoms with Gasteiger partial charge >= 0.3 is 0 Å². The maximum atomic E-state index is 5.32. The van der Waals surface area contributed by atoms with Gasteiger partial charge in [0, 0.05) is 23.4 Å². The molecule has 0 saturated carbocycles. The van der Waals surface area contributed by atoms with Crippen molar-refractivity contribution in [1.29, 1.82) is 0 Å². The van der Waals surface area contributed by atoms with E-state index < -0.39 is 0 Å². The zero-order valence-corrected chi connectivity index (χ0v) is 14.1. The lowest BCUT2D eigenvalue weighted by molar-refractivity contribution is 0.411. The van der Waals surface area contributed by atoms with E-state index in [0.29, 0.717) is 11.7 Å². The Bertz CT molecular complexity index is 1020. The average Bonchev–Trinajstić information content (AvgIpc) is 3.39. The van der Waals surface area contributed by atoms with Crippen molar-refractivity contribution in [3.8, 4) is 28.4 Å². The molecule has 128 valence electrons. The van der Waals surface area contributed by atoms with Gasteiger partial charge in [0.1, 0.15) is 5.75 Å². The summed E-state index contributed by atoms with van der Waals surface area (Å²) in [6.45, 7) is 0. The lowest BCUT2D eigenvalue weighted by Crippen LogP contribution is -1.84. The van der Waals surface area contributed by atoms with Crippen LogP contribution >= 0.6 is 0 Å². The van der Waals surface area contributed by atoms with Crippen molar-refractivity contribution in [1.82, 2.24) is 20.3 Å². The molecule has 0 amide bonds. The van der Waals surface area contributed by atoms with Crippen LogP contribution in [0.4, 0.5) is 0 Å². The van der Waals surface area contributed by atoms with Crippen LogP contribution in [0.1, 0.15) is 11.5 Å². The van der Waals surface area contributed by atoms with Crippen LogP contribution in [-0.2, 0) is 0 Å². The molecule has 0 atom stereocenters. The molecule has 0 aliphatic rings. The number of aromatic amines is 1. The summed E-state index contributed by atoms with van der Waals surface area (Å²) in [6.07, 6.45) is 5.42. The lowest BCUT2D eigenvalue weighted by atomic mass is 10.1. The van der Waals surface area contributed by atoms with Gasteiger partial charge in [-0.2, -0.15) is 10.1 Å². The van der Waals surface area contributed by atoms with Gasteiger partial charge in [-0.3, -0.25) is 5.10 Å². The highest BCUT2D eigenvalue weighted by Crippen LogP contribution is 2.23. The molecule has 4 rings (SSSR count). The minimum absolute atomic E-state index is 0.447. The van der Waals surface area contributed by atoms with Crippen LogP contribution in [-0.4, -0.2) is 27.4 Å². The second-order valence-corrected chi connectivity index (χ2v) is 5.61. The van der Waals surface area contributed by atoms with Gasteiger partial charge in [-0.15, -0.1) is 0 Å². The fourth-order valence-corrected chi connectivity index (χ4v) is 2.55. The summed E-state index contributed by atoms with van der Waals surface area (Å²) < 4.78 is 10.5. The van der Waals surface area contributed by atoms with E-state index in [0.717, 1.165) is 28.1 Å². The number of aromatic nitrogens is 4. The molecule has 0 fully saturated rings. The van der Waals surface area contributed by atoms with Gasteiger partial charge in [0.15, 0.2) is 0 Å². The largest absolute Gasteiger partial charge is 0.497 e. The summed E-state index contributed by atoms with van der Waals surface area (Å²) in [5.41, 5.74) is 3.85. The number of nitrogens with one attached hydrogen (secondary N) is 1. The van der Waals surface area contributed by atoms with E-state index in [2.05, 4.69) is 20.3 Å². The zero-order chi connectivity index (χ0) is 17.8. The Kier molecular flexibility index (Phi) is 4.30. The molecular formula is C20H16N4O2. The van der Waals surface area contributed by atoms with Crippen molar-refractivity contribution in [2.45, 2.75) is 0 Å². The maximum absolute atomic E-state index is 5.32. The molecule has 6 nitrogen and oxygen atoms in total. The van der Waals surface area contributed by atoms with Crippen molar-refractivity contribution in [3.63, 3.8) is 0 Å². The summed E-state index contributed by atoms with van der Waals surface area (Å²) in [6, 6.07) is 17.5. The van der Waals surface area contributed by atoms with Crippen molar-refractivity contribution < 1.29 is 9.26 Å². The molecule has 0 aliphatic carbocycles. The van der Waals surface area contributed by atoms with Crippen LogP contribution in [0.2, 0.25) is 0 Å². The summed E-state index contributed by atoms with van der Waals surface area (Å²) >= 11 is 0. The van der Waals surface area contributed by atoms with Crippen LogP contribution < -0.4 is 4.74 Å². The molecule has 0 radical (unpaired) electrons. The topological polar surface area (TPSA) is 76.8 Å². The molecule has 2 aromatic heterocycles. The molecule has 0 spiro atoms. The Balaban J connectivity index is 1.54. The van der Waals surface area contributed by atoms with Crippen LogP contribution in [0.5, 0.6) is 5.75 Å². The fourth-order valence-electron chi connectivity index (χ4n) is 2.55. The molecule has 2 aromatic carbocycles. The number of nitrogens with zero attached hydrogens (tertiary/aromatic N) is 3. The van der Waals surface area contributed by atoms with Crippen molar-refractivity contribution in [3.05, 3.63) is 72.2 Å². The molecule has 0 bridgehead atoms. The highest BCUT2D eigenvalue weighted by atomic mass is 16.5. The third-order valence-corrected chi connectivity index (χ3v) is 3.91. The monoisotopic (exact) mass is 344 g/mol. The molecule has 0 saturated heterocycles. The quantitative estimate of drug-likeness (QED) is 0.584. The summed E-state index contributed by atoms with van der Waals surface area (Å²) in [5, 5.41) is 11.0. The maximum Gasteiger partial charge on any atom is 0.250 e. The number of benzene rings is 2. The Morgan fingerprint density at radius 3 is 2.62 bits per heavy atom. The van der Waals surface area contributed by atoms with Crippen LogP contribution in [0.3, 0.4) is 0 Å². The summed E-state index contributed by atoms with van der Waals surface area (Å²) in [4.78, 5) is 4.44. The molecule has 0 unspecified atom stereocenters. The number of H-pyrrole nitrogens is 1. The first-order valence-corrected chi connectivity index (χ1v) is 8.08. The van der Waals surface area contributed by atoms with Crippen molar-refractivity contribution in [2.75, 3.05) is 7.11 Å². The van der Waals surface area contributed by atoms with E-state index in [1.165, 1.54) is 0 Å². The Labute approximate surface area is 150 Å². The van der Waals surface area contributed by atoms with E-state index in [-0.39, 0.29) is 0 Å². The predicted octanol–water partition coefficient (Wildman–Crippen LogP) is 4.31. The van der Waals surface area contributed by atoms with Crippen LogP contribution in [0.15, 0.2) is 65.3 Å². The standard InChI is InChI=1S/C20H16N4O2/c1-25-17-8-5-14(6-9-17)7-10-19-22-20(24-26-19)16-4-2-3-15(13-16)18-11-12-21-23-18/h2-13H,1H3,(H,21,23)/b10-7+. The minimum Gasteiger partial charge on any atom is -0.497 e. The molecule has 26 heavy (non-hydrogen) atoms. The molecule has 6 heteroatoms. The second-order valence-electron chi connectivity index (χ2n) is 5.61. The zero-order valence-electron chi connectivity index (χ0n) is 14.1. The first-order valence-electron chi connectivity index (χ1n) is 8.08. The summed E-state index contributed by atoms with van der Waals surface area (Å²) in [7, 11) is 1.64. The van der Waals surface area contributed by atoms with Gasteiger partial charge in [0.05, 0.1) is 12.8 Å². The number of ether oxygens (including phenoxy) is 1. The predicted molar refractivity (Wildman–Crippen MR) is 99.2 cm³/mol. The third kappa shape index (κ3) is 3.39. The van der Waals surface area contributed by atoms with Crippen LogP contribution in [0.25, 0.3) is 34.8 Å². The smallest absolute Gasteiger partial charge is 0.250 e. The average molecular weight is 344 g/mol. The fraction of sp³-hybridized carbons (Fsp3) is 0.0500. The first-order chi connectivity index (χ1) is 12.8. The molecule has 0 aliphatic heterocycles. The highest BCUT2D eigenvalue weighted by Gasteiger charge is 2.08. The van der Waals surface area contributed by atoms with Gasteiger partial charge in [-0.1, -0.05) is 35.5 Å². The van der Waals surface area contributed by atoms with Crippen molar-refractivity contribution in [2.24, 2.45) is 0 Å². The first kappa shape index (κ1) is 15.8. The lowest BCUT2D eigenvalue weighted by Gasteiger charge is -1.99. The van der Waals surface area contributed by atoms with E-state index >= 15 is 0 Å². The second kappa shape index (κ2) is 7.06. The highest BCUT2D eigenvalue weighted by molar-refractivity contribution is 5.69. The number of rotatable bonds is 5. The molecule has 2 heterocycles. The van der Waals surface area contributed by atoms with Gasteiger partial charge in [-0.05, 0) is 35.9 Å². The van der Waals surface area contributed by atoms with Gasteiger partial charge in [0.2, 0.25) is 5.82 Å². The minimum atomic E-state index is 0.447. The Morgan fingerprint density at radius 1 is 1.00 bits per heavy atom. The number of methoxy groups -OCH3 is 1. The normalized spacial score (nSPS) is 11.1. The third-order valence-electron chi connectivity index (χ3n) is 3.91. The molecular weight excluding hydrogens is 328 g/mol. The molecule has 4 aromatic rings. The summed E-state index contributed by atoms with van der Waals surface area (Å²) in [5.74, 6) is 1.81. The van der Waals surface area contributed by atoms with Gasteiger partial charge in [0.25, 0.3) is 5.89 Å². The van der Waals surface area contributed by atoms with E-state index in [9.17, 15) is 0 Å². The van der Waals surface area contributed by atoms with E-state index in [4.69, 9.17) is 9.26 Å². The van der Waals surface area contributed by atoms with Gasteiger partial charge in [-0.25, -0.2) is 0 Å². The Morgan fingerprint density at radius 2 is 1.85 bits per heavy atom. The number of hydrogen-bond donors (Lipinski definition) is 1. The molecule has 1 N–H and O–H groups in total. The van der Waals surface area contributed by atoms with Crippen molar-refractivity contribution >= 4 is 12.2 Å². The Hall–Kier alpha value is -3.67. The van der Waals surface area contributed by atoms with Crippen LogP contribution in [0, 0.1) is 0 Å². The SMILES string of the molecule is COc1ccc(/C=C/c2nc(-c3cccc(-c4ccn[nH]4)c3)no2)cc1.